The first-order valence-electron chi connectivity index (χ1n) is 10.2. The third-order valence-corrected chi connectivity index (χ3v) is 5.93. The Morgan fingerprint density at radius 1 is 0.968 bits per heavy atom. The van der Waals surface area contributed by atoms with Crippen LogP contribution in [0.25, 0.3) is 10.9 Å². The van der Waals surface area contributed by atoms with E-state index in [-0.39, 0.29) is 19.0 Å². The van der Waals surface area contributed by atoms with Gasteiger partial charge in [0, 0.05) is 42.3 Å². The molecule has 2 aliphatic heterocycles. The fraction of sp³-hybridized carbons (Fsp3) is 0.208. The molecular weight excluding hydrogens is 397 g/mol. The summed E-state index contributed by atoms with van der Waals surface area (Å²) in [4.78, 5) is 40.5. The van der Waals surface area contributed by atoms with E-state index in [9.17, 15) is 18.8 Å². The van der Waals surface area contributed by atoms with Crippen LogP contribution in [0.4, 0.5) is 4.39 Å². The van der Waals surface area contributed by atoms with Gasteiger partial charge in [-0.1, -0.05) is 12.1 Å². The fourth-order valence-electron chi connectivity index (χ4n) is 4.10. The number of hydrogen-bond donors (Lipinski definition) is 0. The van der Waals surface area contributed by atoms with Gasteiger partial charge in [-0.3, -0.25) is 19.3 Å². The summed E-state index contributed by atoms with van der Waals surface area (Å²) in [6.07, 6.45) is 3.31. The second kappa shape index (κ2) is 7.50. The normalized spacial score (nSPS) is 16.1. The van der Waals surface area contributed by atoms with E-state index in [2.05, 4.69) is 0 Å². The molecule has 5 rings (SSSR count). The molecule has 31 heavy (non-hydrogen) atoms. The summed E-state index contributed by atoms with van der Waals surface area (Å²) in [7, 11) is 0. The quantitative estimate of drug-likeness (QED) is 0.596. The van der Waals surface area contributed by atoms with Crippen molar-refractivity contribution in [1.82, 2.24) is 14.4 Å². The molecular formula is C24H20FN3O3. The molecule has 3 aromatic rings. The summed E-state index contributed by atoms with van der Waals surface area (Å²) >= 11 is 0. The van der Waals surface area contributed by atoms with Gasteiger partial charge < -0.3 is 9.47 Å². The number of nitrogens with zero attached hydrogens (tertiary/aromatic N) is 3. The van der Waals surface area contributed by atoms with E-state index in [0.717, 1.165) is 35.3 Å². The molecule has 0 saturated carbocycles. The van der Waals surface area contributed by atoms with Crippen molar-refractivity contribution in [2.24, 2.45) is 0 Å². The predicted octanol–water partition coefficient (Wildman–Crippen LogP) is 3.64. The van der Waals surface area contributed by atoms with Gasteiger partial charge in [-0.05, 0) is 48.4 Å². The van der Waals surface area contributed by atoms with Crippen molar-refractivity contribution < 1.29 is 18.8 Å². The Hall–Kier alpha value is -3.74. The van der Waals surface area contributed by atoms with Crippen LogP contribution in [-0.2, 0) is 6.54 Å². The third-order valence-electron chi connectivity index (χ3n) is 5.93. The van der Waals surface area contributed by atoms with Gasteiger partial charge in [0.2, 0.25) is 0 Å². The number of hydrogen-bond acceptors (Lipinski definition) is 3. The zero-order valence-electron chi connectivity index (χ0n) is 16.8. The van der Waals surface area contributed by atoms with Crippen LogP contribution in [0.1, 0.15) is 37.5 Å². The van der Waals surface area contributed by atoms with Gasteiger partial charge in [0.25, 0.3) is 17.7 Å². The standard InChI is InChI=1S/C24H20FN3O3/c25-13-16(15-28-23(30)19-4-1-2-5-20(19)24(28)31)14-27-11-8-17-12-18(6-7-21(17)27)22(29)26-9-3-10-26/h1-2,4-8,11-13H,3,9-10,14-15H2/b16-13-. The molecule has 3 amide bonds. The number of carbonyl (C=O) groups is 3. The molecule has 0 N–H and O–H groups in total. The van der Waals surface area contributed by atoms with E-state index in [4.69, 9.17) is 0 Å². The number of amides is 3. The molecule has 7 heteroatoms. The Morgan fingerprint density at radius 2 is 1.68 bits per heavy atom. The van der Waals surface area contributed by atoms with Crippen LogP contribution < -0.4 is 0 Å². The lowest BCUT2D eigenvalue weighted by Crippen LogP contribution is -2.41. The van der Waals surface area contributed by atoms with Crippen LogP contribution >= 0.6 is 0 Å². The smallest absolute Gasteiger partial charge is 0.261 e. The summed E-state index contributed by atoms with van der Waals surface area (Å²) < 4.78 is 15.6. The summed E-state index contributed by atoms with van der Waals surface area (Å²) in [5.74, 6) is -0.797. The third kappa shape index (κ3) is 3.22. The molecule has 1 saturated heterocycles. The van der Waals surface area contributed by atoms with Crippen LogP contribution in [0.5, 0.6) is 0 Å². The molecule has 0 atom stereocenters. The molecule has 3 heterocycles. The Kier molecular flexibility index (Phi) is 4.66. The molecule has 0 spiro atoms. The van der Waals surface area contributed by atoms with Crippen LogP contribution in [0.2, 0.25) is 0 Å². The summed E-state index contributed by atoms with van der Waals surface area (Å²) in [6.45, 7) is 1.65. The Labute approximate surface area is 178 Å². The van der Waals surface area contributed by atoms with Gasteiger partial charge in [0.05, 0.1) is 24.0 Å². The van der Waals surface area contributed by atoms with Crippen LogP contribution in [0.15, 0.2) is 66.6 Å². The molecule has 156 valence electrons. The second-order valence-corrected chi connectivity index (χ2v) is 7.87. The lowest BCUT2D eigenvalue weighted by atomic mass is 10.1. The topological polar surface area (TPSA) is 62.6 Å². The van der Waals surface area contributed by atoms with Crippen molar-refractivity contribution in [3.8, 4) is 0 Å². The predicted molar refractivity (Wildman–Crippen MR) is 113 cm³/mol. The van der Waals surface area contributed by atoms with Crippen molar-refractivity contribution in [2.45, 2.75) is 13.0 Å². The fourth-order valence-corrected chi connectivity index (χ4v) is 4.10. The highest BCUT2D eigenvalue weighted by molar-refractivity contribution is 6.21. The van der Waals surface area contributed by atoms with Crippen molar-refractivity contribution in [2.75, 3.05) is 19.6 Å². The highest BCUT2D eigenvalue weighted by Gasteiger charge is 2.35. The van der Waals surface area contributed by atoms with Crippen LogP contribution in [0.3, 0.4) is 0 Å². The van der Waals surface area contributed by atoms with E-state index >= 15 is 0 Å². The zero-order valence-corrected chi connectivity index (χ0v) is 16.8. The molecule has 0 bridgehead atoms. The summed E-state index contributed by atoms with van der Waals surface area (Å²) in [6, 6.07) is 14.0. The molecule has 0 aliphatic carbocycles. The Morgan fingerprint density at radius 3 is 2.29 bits per heavy atom. The van der Waals surface area contributed by atoms with Crippen molar-refractivity contribution in [3.63, 3.8) is 0 Å². The van der Waals surface area contributed by atoms with Gasteiger partial charge in [-0.15, -0.1) is 0 Å². The minimum atomic E-state index is -0.411. The molecule has 6 nitrogen and oxygen atoms in total. The first-order valence-corrected chi connectivity index (χ1v) is 10.2. The minimum absolute atomic E-state index is 0.0240. The lowest BCUT2D eigenvalue weighted by Gasteiger charge is -2.30. The average molecular weight is 417 g/mol. The van der Waals surface area contributed by atoms with Gasteiger partial charge in [-0.25, -0.2) is 4.39 Å². The average Bonchev–Trinajstić information content (AvgIpc) is 3.26. The lowest BCUT2D eigenvalue weighted by molar-refractivity contribution is 0.0646. The Bertz CT molecular complexity index is 1220. The minimum Gasteiger partial charge on any atom is -0.343 e. The maximum Gasteiger partial charge on any atom is 0.261 e. The highest BCUT2D eigenvalue weighted by Crippen LogP contribution is 2.25. The van der Waals surface area contributed by atoms with E-state index < -0.39 is 11.8 Å². The molecule has 1 aromatic heterocycles. The van der Waals surface area contributed by atoms with Crippen molar-refractivity contribution in [3.05, 3.63) is 83.3 Å². The van der Waals surface area contributed by atoms with Gasteiger partial charge in [-0.2, -0.15) is 0 Å². The molecule has 0 radical (unpaired) electrons. The number of likely N-dealkylation sites (tertiary alicyclic amines) is 1. The number of aromatic nitrogens is 1. The van der Waals surface area contributed by atoms with Crippen LogP contribution in [-0.4, -0.2) is 51.7 Å². The van der Waals surface area contributed by atoms with E-state index in [1.165, 1.54) is 0 Å². The summed E-state index contributed by atoms with van der Waals surface area (Å²) in [5.41, 5.74) is 2.47. The number of imide groups is 1. The van der Waals surface area contributed by atoms with E-state index in [1.807, 2.05) is 33.9 Å². The maximum absolute atomic E-state index is 13.7. The first-order chi connectivity index (χ1) is 15.1. The number of carbonyl (C=O) groups excluding carboxylic acids is 3. The number of halogens is 1. The highest BCUT2D eigenvalue weighted by atomic mass is 19.1. The molecule has 2 aliphatic rings. The van der Waals surface area contributed by atoms with Crippen molar-refractivity contribution >= 4 is 28.6 Å². The number of rotatable bonds is 5. The number of benzene rings is 2. The largest absolute Gasteiger partial charge is 0.343 e. The van der Waals surface area contributed by atoms with Gasteiger partial charge in [0.1, 0.15) is 0 Å². The Balaban J connectivity index is 1.35. The van der Waals surface area contributed by atoms with Crippen LogP contribution in [0, 0.1) is 0 Å². The van der Waals surface area contributed by atoms with Gasteiger partial charge in [0.15, 0.2) is 0 Å². The van der Waals surface area contributed by atoms with Crippen molar-refractivity contribution in [1.29, 1.82) is 0 Å². The second-order valence-electron chi connectivity index (χ2n) is 7.87. The SMILES string of the molecule is O=C(c1ccc2c(ccn2C/C(=C/F)CN2C(=O)c3ccccc3C2=O)c1)N1CCC1. The molecule has 0 unspecified atom stereocenters. The monoisotopic (exact) mass is 417 g/mol. The molecule has 1 fully saturated rings. The number of fused-ring (bicyclic) bond motifs is 2. The summed E-state index contributed by atoms with van der Waals surface area (Å²) in [5, 5.41) is 0.880. The van der Waals surface area contributed by atoms with E-state index in [0.29, 0.717) is 28.6 Å². The molecule has 2 aromatic carbocycles. The van der Waals surface area contributed by atoms with Gasteiger partial charge >= 0.3 is 0 Å². The first kappa shape index (κ1) is 19.2. The zero-order chi connectivity index (χ0) is 21.5. The maximum atomic E-state index is 13.7. The van der Waals surface area contributed by atoms with E-state index in [1.54, 1.807) is 30.3 Å².